The Morgan fingerprint density at radius 1 is 0.833 bits per heavy atom. The second-order valence-electron chi connectivity index (χ2n) is 6.97. The SMILES string of the molecule is CCCCCCCCC1OCOC1CCCCCCCC(=O)OC. The topological polar surface area (TPSA) is 44.8 Å². The fraction of sp³-hybridized carbons (Fsp3) is 0.950. The molecular formula is C20H38O4. The molecule has 0 aromatic carbocycles. The number of carbonyl (C=O) groups excluding carboxylic acids is 1. The van der Waals surface area contributed by atoms with Gasteiger partial charge in [-0.2, -0.15) is 0 Å². The number of methoxy groups -OCH3 is 1. The maximum absolute atomic E-state index is 11.0. The molecule has 1 saturated heterocycles. The van der Waals surface area contributed by atoms with Crippen molar-refractivity contribution in [2.24, 2.45) is 0 Å². The molecule has 142 valence electrons. The first-order valence-corrected chi connectivity index (χ1v) is 10.1. The minimum atomic E-state index is -0.0935. The van der Waals surface area contributed by atoms with Crippen LogP contribution in [0, 0.1) is 0 Å². The molecule has 2 atom stereocenters. The van der Waals surface area contributed by atoms with Crippen molar-refractivity contribution in [2.45, 2.75) is 109 Å². The first-order chi connectivity index (χ1) is 11.8. The molecule has 4 nitrogen and oxygen atoms in total. The van der Waals surface area contributed by atoms with Crippen LogP contribution in [0.1, 0.15) is 96.8 Å². The van der Waals surface area contributed by atoms with E-state index in [2.05, 4.69) is 11.7 Å². The summed E-state index contributed by atoms with van der Waals surface area (Å²) in [6, 6.07) is 0. The van der Waals surface area contributed by atoms with Crippen LogP contribution < -0.4 is 0 Å². The van der Waals surface area contributed by atoms with E-state index >= 15 is 0 Å². The minimum absolute atomic E-state index is 0.0935. The van der Waals surface area contributed by atoms with Gasteiger partial charge in [-0.3, -0.25) is 4.79 Å². The summed E-state index contributed by atoms with van der Waals surface area (Å²) in [7, 11) is 1.45. The van der Waals surface area contributed by atoms with Crippen molar-refractivity contribution in [3.63, 3.8) is 0 Å². The van der Waals surface area contributed by atoms with Gasteiger partial charge in [-0.25, -0.2) is 0 Å². The van der Waals surface area contributed by atoms with E-state index in [0.29, 0.717) is 25.4 Å². The number of hydrogen-bond donors (Lipinski definition) is 0. The molecule has 0 radical (unpaired) electrons. The van der Waals surface area contributed by atoms with Gasteiger partial charge in [-0.1, -0.05) is 71.1 Å². The highest BCUT2D eigenvalue weighted by Gasteiger charge is 2.27. The van der Waals surface area contributed by atoms with Crippen LogP contribution in [0.25, 0.3) is 0 Å². The molecule has 24 heavy (non-hydrogen) atoms. The second kappa shape index (κ2) is 14.7. The van der Waals surface area contributed by atoms with Gasteiger partial charge >= 0.3 is 5.97 Å². The third-order valence-electron chi connectivity index (χ3n) is 4.92. The molecule has 0 aromatic heterocycles. The lowest BCUT2D eigenvalue weighted by Gasteiger charge is -2.16. The van der Waals surface area contributed by atoms with Crippen LogP contribution in [-0.4, -0.2) is 32.1 Å². The fourth-order valence-corrected chi connectivity index (χ4v) is 3.34. The van der Waals surface area contributed by atoms with E-state index in [9.17, 15) is 4.79 Å². The third kappa shape index (κ3) is 10.3. The third-order valence-corrected chi connectivity index (χ3v) is 4.92. The van der Waals surface area contributed by atoms with Crippen molar-refractivity contribution in [3.05, 3.63) is 0 Å². The Morgan fingerprint density at radius 3 is 1.88 bits per heavy atom. The molecule has 0 aromatic rings. The molecule has 0 bridgehead atoms. The highest BCUT2D eigenvalue weighted by atomic mass is 16.7. The number of hydrogen-bond acceptors (Lipinski definition) is 4. The van der Waals surface area contributed by atoms with Gasteiger partial charge in [-0.05, 0) is 19.3 Å². The first-order valence-electron chi connectivity index (χ1n) is 10.1. The fourth-order valence-electron chi connectivity index (χ4n) is 3.34. The molecule has 0 spiro atoms. The molecule has 4 heteroatoms. The number of carbonyl (C=O) groups is 1. The van der Waals surface area contributed by atoms with Gasteiger partial charge in [0, 0.05) is 6.42 Å². The van der Waals surface area contributed by atoms with Crippen molar-refractivity contribution in [1.29, 1.82) is 0 Å². The van der Waals surface area contributed by atoms with E-state index in [0.717, 1.165) is 25.7 Å². The van der Waals surface area contributed by atoms with Gasteiger partial charge in [-0.15, -0.1) is 0 Å². The molecule has 1 rings (SSSR count). The average Bonchev–Trinajstić information content (AvgIpc) is 3.04. The molecule has 0 N–H and O–H groups in total. The molecule has 0 amide bonds. The monoisotopic (exact) mass is 342 g/mol. The van der Waals surface area contributed by atoms with E-state index in [1.807, 2.05) is 0 Å². The van der Waals surface area contributed by atoms with Crippen LogP contribution in [0.5, 0.6) is 0 Å². The van der Waals surface area contributed by atoms with E-state index < -0.39 is 0 Å². The van der Waals surface area contributed by atoms with Gasteiger partial charge in [0.25, 0.3) is 0 Å². The van der Waals surface area contributed by atoms with E-state index in [4.69, 9.17) is 9.47 Å². The summed E-state index contributed by atoms with van der Waals surface area (Å²) in [5.74, 6) is -0.0935. The largest absolute Gasteiger partial charge is 0.469 e. The highest BCUT2D eigenvalue weighted by molar-refractivity contribution is 5.68. The Hall–Kier alpha value is -0.610. The van der Waals surface area contributed by atoms with E-state index in [-0.39, 0.29) is 5.97 Å². The zero-order valence-electron chi connectivity index (χ0n) is 15.9. The van der Waals surface area contributed by atoms with Crippen LogP contribution in [0.4, 0.5) is 0 Å². The van der Waals surface area contributed by atoms with Gasteiger partial charge < -0.3 is 14.2 Å². The molecule has 1 fully saturated rings. The quantitative estimate of drug-likeness (QED) is 0.296. The Morgan fingerprint density at radius 2 is 1.33 bits per heavy atom. The summed E-state index contributed by atoms with van der Waals surface area (Å²) < 4.78 is 16.2. The molecule has 0 aliphatic carbocycles. The summed E-state index contributed by atoms with van der Waals surface area (Å²) in [6.07, 6.45) is 17.1. The summed E-state index contributed by atoms with van der Waals surface area (Å²) in [5, 5.41) is 0. The van der Waals surface area contributed by atoms with Gasteiger partial charge in [0.2, 0.25) is 0 Å². The van der Waals surface area contributed by atoms with Crippen molar-refractivity contribution < 1.29 is 19.0 Å². The standard InChI is InChI=1S/C20H38O4/c1-3-4-5-6-8-11-14-18-19(24-17-23-18)15-12-9-7-10-13-16-20(21)22-2/h18-19H,3-17H2,1-2H3. The molecule has 0 saturated carbocycles. The van der Waals surface area contributed by atoms with Gasteiger partial charge in [0.1, 0.15) is 6.79 Å². The summed E-state index contributed by atoms with van der Waals surface area (Å²) in [5.41, 5.74) is 0. The summed E-state index contributed by atoms with van der Waals surface area (Å²) in [4.78, 5) is 11.0. The Balaban J connectivity index is 1.96. The zero-order chi connectivity index (χ0) is 17.5. The first kappa shape index (κ1) is 21.4. The van der Waals surface area contributed by atoms with Crippen molar-refractivity contribution >= 4 is 5.97 Å². The van der Waals surface area contributed by atoms with Crippen LogP contribution in [-0.2, 0) is 19.0 Å². The number of ether oxygens (including phenoxy) is 3. The minimum Gasteiger partial charge on any atom is -0.469 e. The van der Waals surface area contributed by atoms with Crippen LogP contribution >= 0.6 is 0 Å². The predicted molar refractivity (Wildman–Crippen MR) is 96.9 cm³/mol. The van der Waals surface area contributed by atoms with Crippen LogP contribution in [0.3, 0.4) is 0 Å². The number of rotatable bonds is 15. The second-order valence-corrected chi connectivity index (χ2v) is 6.97. The van der Waals surface area contributed by atoms with Crippen LogP contribution in [0.2, 0.25) is 0 Å². The summed E-state index contributed by atoms with van der Waals surface area (Å²) in [6.45, 7) is 2.73. The maximum Gasteiger partial charge on any atom is 0.305 e. The average molecular weight is 343 g/mol. The normalized spacial score (nSPS) is 20.4. The van der Waals surface area contributed by atoms with Gasteiger partial charge in [0.15, 0.2) is 0 Å². The van der Waals surface area contributed by atoms with E-state index in [1.54, 1.807) is 0 Å². The predicted octanol–water partition coefficient (Wildman–Crippen LogP) is 5.38. The number of unbranched alkanes of at least 4 members (excludes halogenated alkanes) is 9. The number of esters is 1. The Kier molecular flexibility index (Phi) is 13.1. The lowest BCUT2D eigenvalue weighted by molar-refractivity contribution is -0.140. The van der Waals surface area contributed by atoms with Crippen molar-refractivity contribution in [3.8, 4) is 0 Å². The van der Waals surface area contributed by atoms with Crippen molar-refractivity contribution in [1.82, 2.24) is 0 Å². The molecule has 1 heterocycles. The summed E-state index contributed by atoms with van der Waals surface area (Å²) >= 11 is 0. The molecule has 2 unspecified atom stereocenters. The van der Waals surface area contributed by atoms with Crippen LogP contribution in [0.15, 0.2) is 0 Å². The lowest BCUT2D eigenvalue weighted by Crippen LogP contribution is -2.22. The zero-order valence-corrected chi connectivity index (χ0v) is 15.9. The Labute approximate surface area is 148 Å². The molecule has 1 aliphatic heterocycles. The lowest BCUT2D eigenvalue weighted by atomic mass is 9.99. The van der Waals surface area contributed by atoms with Gasteiger partial charge in [0.05, 0.1) is 19.3 Å². The molecule has 1 aliphatic rings. The van der Waals surface area contributed by atoms with E-state index in [1.165, 1.54) is 64.9 Å². The highest BCUT2D eigenvalue weighted by Crippen LogP contribution is 2.24. The molecular weight excluding hydrogens is 304 g/mol. The smallest absolute Gasteiger partial charge is 0.305 e. The Bertz CT molecular complexity index is 306. The van der Waals surface area contributed by atoms with Crippen molar-refractivity contribution in [2.75, 3.05) is 13.9 Å². The maximum atomic E-state index is 11.0.